The third-order valence-corrected chi connectivity index (χ3v) is 3.39. The molecule has 100 valence electrons. The van der Waals surface area contributed by atoms with Crippen molar-refractivity contribution in [2.24, 2.45) is 0 Å². The highest BCUT2D eigenvalue weighted by molar-refractivity contribution is 9.10. The Hall–Kier alpha value is -1.32. The Bertz CT molecular complexity index is 540. The number of aliphatic hydroxyl groups is 1. The van der Waals surface area contributed by atoms with E-state index in [0.29, 0.717) is 13.0 Å². The molecule has 1 unspecified atom stereocenters. The van der Waals surface area contributed by atoms with Crippen LogP contribution in [-0.4, -0.2) is 11.7 Å². The van der Waals surface area contributed by atoms with Crippen molar-refractivity contribution >= 4 is 15.9 Å². The predicted molar refractivity (Wildman–Crippen MR) is 80.4 cm³/mol. The van der Waals surface area contributed by atoms with E-state index in [1.165, 1.54) is 0 Å². The summed E-state index contributed by atoms with van der Waals surface area (Å²) in [5.41, 5.74) is 1.93. The Kier molecular flexibility index (Phi) is 5.00. The van der Waals surface area contributed by atoms with Crippen molar-refractivity contribution in [2.75, 3.05) is 6.61 Å². The zero-order valence-electron chi connectivity index (χ0n) is 10.8. The molecule has 0 fully saturated rings. The molecule has 0 saturated carbocycles. The van der Waals surface area contributed by atoms with E-state index in [-0.39, 0.29) is 0 Å². The van der Waals surface area contributed by atoms with Crippen LogP contribution in [0.1, 0.15) is 24.2 Å². The van der Waals surface area contributed by atoms with Gasteiger partial charge in [0.2, 0.25) is 0 Å². The summed E-state index contributed by atoms with van der Waals surface area (Å²) in [5.74, 6) is 0.757. The molecular formula is C16H17BrO2. The molecule has 3 heteroatoms. The van der Waals surface area contributed by atoms with Crippen molar-refractivity contribution in [3.63, 3.8) is 0 Å². The lowest BCUT2D eigenvalue weighted by Crippen LogP contribution is -2.05. The highest BCUT2D eigenvalue weighted by Crippen LogP contribution is 2.28. The Morgan fingerprint density at radius 3 is 2.68 bits per heavy atom. The smallest absolute Gasteiger partial charge is 0.125 e. The summed E-state index contributed by atoms with van der Waals surface area (Å²) < 4.78 is 6.57. The molecular weight excluding hydrogens is 304 g/mol. The van der Waals surface area contributed by atoms with Gasteiger partial charge in [-0.2, -0.15) is 0 Å². The molecule has 0 amide bonds. The van der Waals surface area contributed by atoms with Gasteiger partial charge in [0.15, 0.2) is 0 Å². The first-order chi connectivity index (χ1) is 9.20. The van der Waals surface area contributed by atoms with E-state index in [4.69, 9.17) is 4.74 Å². The van der Waals surface area contributed by atoms with Crippen molar-refractivity contribution in [3.8, 4) is 5.75 Å². The first kappa shape index (κ1) is 14.1. The largest absolute Gasteiger partial charge is 0.493 e. The summed E-state index contributed by atoms with van der Waals surface area (Å²) in [4.78, 5) is 0. The number of halogens is 1. The fraction of sp³-hybridized carbons (Fsp3) is 0.250. The summed E-state index contributed by atoms with van der Waals surface area (Å²) >= 11 is 3.44. The molecule has 2 nitrogen and oxygen atoms in total. The number of aliphatic hydroxyl groups excluding tert-OH is 1. The summed E-state index contributed by atoms with van der Waals surface area (Å²) in [5, 5.41) is 10.4. The molecule has 0 radical (unpaired) electrons. The van der Waals surface area contributed by atoms with Crippen LogP contribution in [0.25, 0.3) is 0 Å². The minimum Gasteiger partial charge on any atom is -0.493 e. The zero-order chi connectivity index (χ0) is 13.7. The molecule has 0 heterocycles. The normalized spacial score (nSPS) is 12.2. The average Bonchev–Trinajstić information content (AvgIpc) is 2.39. The molecule has 1 atom stereocenters. The molecule has 0 bridgehead atoms. The van der Waals surface area contributed by atoms with Crippen molar-refractivity contribution < 1.29 is 9.84 Å². The standard InChI is InChI=1S/C16H17BrO2/c1-2-19-16-9-4-3-8-14(16)15(18)11-12-6-5-7-13(17)10-12/h3-10,15,18H,2,11H2,1H3. The third kappa shape index (κ3) is 3.82. The Balaban J connectivity index is 2.17. The number of para-hydroxylation sites is 1. The molecule has 2 rings (SSSR count). The van der Waals surface area contributed by atoms with Gasteiger partial charge in [-0.05, 0) is 30.7 Å². The van der Waals surface area contributed by atoms with Crippen LogP contribution in [0.5, 0.6) is 5.75 Å². The van der Waals surface area contributed by atoms with E-state index in [2.05, 4.69) is 15.9 Å². The quantitative estimate of drug-likeness (QED) is 0.897. The molecule has 19 heavy (non-hydrogen) atoms. The van der Waals surface area contributed by atoms with Crippen LogP contribution in [-0.2, 0) is 6.42 Å². The highest BCUT2D eigenvalue weighted by Gasteiger charge is 2.13. The van der Waals surface area contributed by atoms with E-state index in [1.54, 1.807) is 0 Å². The fourth-order valence-corrected chi connectivity index (χ4v) is 2.49. The second-order valence-corrected chi connectivity index (χ2v) is 5.24. The van der Waals surface area contributed by atoms with Gasteiger partial charge < -0.3 is 9.84 Å². The fourth-order valence-electron chi connectivity index (χ4n) is 2.04. The van der Waals surface area contributed by atoms with Gasteiger partial charge in [0.1, 0.15) is 5.75 Å². The first-order valence-electron chi connectivity index (χ1n) is 6.35. The van der Waals surface area contributed by atoms with Gasteiger partial charge in [-0.25, -0.2) is 0 Å². The minimum atomic E-state index is -0.558. The Morgan fingerprint density at radius 2 is 1.95 bits per heavy atom. The van der Waals surface area contributed by atoms with Crippen molar-refractivity contribution in [1.82, 2.24) is 0 Å². The third-order valence-electron chi connectivity index (χ3n) is 2.90. The average molecular weight is 321 g/mol. The van der Waals surface area contributed by atoms with Crippen LogP contribution in [0, 0.1) is 0 Å². The molecule has 0 aromatic heterocycles. The van der Waals surface area contributed by atoms with E-state index in [9.17, 15) is 5.11 Å². The molecule has 2 aromatic rings. The van der Waals surface area contributed by atoms with Crippen molar-refractivity contribution in [3.05, 3.63) is 64.1 Å². The van der Waals surface area contributed by atoms with Gasteiger partial charge in [-0.15, -0.1) is 0 Å². The number of hydrogen-bond acceptors (Lipinski definition) is 2. The van der Waals surface area contributed by atoms with Crippen LogP contribution in [0.3, 0.4) is 0 Å². The summed E-state index contributed by atoms with van der Waals surface area (Å²) in [7, 11) is 0. The van der Waals surface area contributed by atoms with Gasteiger partial charge in [-0.1, -0.05) is 46.3 Å². The van der Waals surface area contributed by atoms with Gasteiger partial charge in [0.25, 0.3) is 0 Å². The minimum absolute atomic E-state index is 0.558. The number of ether oxygens (including phenoxy) is 1. The Labute approximate surface area is 122 Å². The lowest BCUT2D eigenvalue weighted by molar-refractivity contribution is 0.172. The van der Waals surface area contributed by atoms with Gasteiger partial charge in [0, 0.05) is 16.5 Å². The SMILES string of the molecule is CCOc1ccccc1C(O)Cc1cccc(Br)c1. The van der Waals surface area contributed by atoms with Crippen molar-refractivity contribution in [2.45, 2.75) is 19.4 Å². The monoisotopic (exact) mass is 320 g/mol. The van der Waals surface area contributed by atoms with Crippen LogP contribution in [0.15, 0.2) is 53.0 Å². The molecule has 2 aromatic carbocycles. The lowest BCUT2D eigenvalue weighted by Gasteiger charge is -2.15. The van der Waals surface area contributed by atoms with E-state index >= 15 is 0 Å². The van der Waals surface area contributed by atoms with E-state index in [0.717, 1.165) is 21.3 Å². The maximum atomic E-state index is 10.4. The van der Waals surface area contributed by atoms with E-state index < -0.39 is 6.10 Å². The maximum absolute atomic E-state index is 10.4. The molecule has 1 N–H and O–H groups in total. The van der Waals surface area contributed by atoms with E-state index in [1.807, 2.05) is 55.5 Å². The lowest BCUT2D eigenvalue weighted by atomic mass is 10.0. The van der Waals surface area contributed by atoms with Crippen LogP contribution in [0.2, 0.25) is 0 Å². The van der Waals surface area contributed by atoms with Crippen LogP contribution in [0.4, 0.5) is 0 Å². The number of benzene rings is 2. The van der Waals surface area contributed by atoms with Gasteiger partial charge >= 0.3 is 0 Å². The molecule has 0 saturated heterocycles. The predicted octanol–water partition coefficient (Wildman–Crippen LogP) is 4.12. The Morgan fingerprint density at radius 1 is 1.16 bits per heavy atom. The number of hydrogen-bond donors (Lipinski definition) is 1. The topological polar surface area (TPSA) is 29.5 Å². The van der Waals surface area contributed by atoms with Crippen LogP contribution >= 0.6 is 15.9 Å². The van der Waals surface area contributed by atoms with Gasteiger partial charge in [-0.3, -0.25) is 0 Å². The second-order valence-electron chi connectivity index (χ2n) is 4.32. The number of rotatable bonds is 5. The van der Waals surface area contributed by atoms with Gasteiger partial charge in [0.05, 0.1) is 12.7 Å². The molecule has 0 spiro atoms. The first-order valence-corrected chi connectivity index (χ1v) is 7.14. The second kappa shape index (κ2) is 6.73. The zero-order valence-corrected chi connectivity index (χ0v) is 12.4. The molecule has 0 aliphatic carbocycles. The highest BCUT2D eigenvalue weighted by atomic mass is 79.9. The van der Waals surface area contributed by atoms with Crippen molar-refractivity contribution in [1.29, 1.82) is 0 Å². The molecule has 0 aliphatic heterocycles. The van der Waals surface area contributed by atoms with Crippen LogP contribution < -0.4 is 4.74 Å². The summed E-state index contributed by atoms with van der Waals surface area (Å²) in [6.45, 7) is 2.54. The summed E-state index contributed by atoms with van der Waals surface area (Å²) in [6, 6.07) is 15.6. The maximum Gasteiger partial charge on any atom is 0.125 e. The summed E-state index contributed by atoms with van der Waals surface area (Å²) in [6.07, 6.45) is 0.0147. The molecule has 0 aliphatic rings.